The molecule has 0 saturated carbocycles. The van der Waals surface area contributed by atoms with Crippen molar-refractivity contribution in [1.82, 2.24) is 9.97 Å². The Kier molecular flexibility index (Phi) is 3.78. The first-order valence-electron chi connectivity index (χ1n) is 5.20. The van der Waals surface area contributed by atoms with Gasteiger partial charge < -0.3 is 4.74 Å². The average molecular weight is 251 g/mol. The Morgan fingerprint density at radius 1 is 1.28 bits per heavy atom. The molecule has 0 bridgehead atoms. The zero-order valence-corrected chi connectivity index (χ0v) is 9.68. The quantitative estimate of drug-likeness (QED) is 0.782. The molecule has 2 rings (SSSR count). The number of aromatic nitrogens is 2. The van der Waals surface area contributed by atoms with Crippen molar-refractivity contribution in [3.05, 3.63) is 48.4 Å². The van der Waals surface area contributed by atoms with Gasteiger partial charge in [-0.05, 0) is 18.2 Å². The van der Waals surface area contributed by atoms with Crippen LogP contribution in [0.5, 0.6) is 0 Å². The number of hydrogen-bond donors (Lipinski definition) is 0. The van der Waals surface area contributed by atoms with E-state index in [0.717, 1.165) is 6.07 Å². The molecule has 0 N–H and O–H groups in total. The van der Waals surface area contributed by atoms with E-state index < -0.39 is 11.6 Å². The lowest BCUT2D eigenvalue weighted by molar-refractivity contribution is 0.205. The van der Waals surface area contributed by atoms with Gasteiger partial charge >= 0.3 is 0 Å². The van der Waals surface area contributed by atoms with E-state index in [2.05, 4.69) is 9.97 Å². The average Bonchev–Trinajstić information content (AvgIpc) is 2.41. The molecule has 94 valence electrons. The second kappa shape index (κ2) is 5.50. The SMILES string of the molecule is COCN(c1ccncn1)c1cccc(F)c1F. The Balaban J connectivity index is 2.45. The van der Waals surface area contributed by atoms with Crippen LogP contribution in [0, 0.1) is 11.6 Å². The number of ether oxygens (including phenoxy) is 1. The highest BCUT2D eigenvalue weighted by Crippen LogP contribution is 2.26. The molecule has 0 amide bonds. The molecule has 1 heterocycles. The molecule has 0 fully saturated rings. The summed E-state index contributed by atoms with van der Waals surface area (Å²) < 4.78 is 31.9. The Morgan fingerprint density at radius 3 is 2.78 bits per heavy atom. The minimum Gasteiger partial charge on any atom is -0.364 e. The second-order valence-corrected chi connectivity index (χ2v) is 3.49. The van der Waals surface area contributed by atoms with Crippen molar-refractivity contribution in [1.29, 1.82) is 0 Å². The van der Waals surface area contributed by atoms with Crippen molar-refractivity contribution in [2.45, 2.75) is 0 Å². The molecule has 1 aromatic carbocycles. The van der Waals surface area contributed by atoms with E-state index in [-0.39, 0.29) is 12.4 Å². The summed E-state index contributed by atoms with van der Waals surface area (Å²) in [5.41, 5.74) is 0.0653. The molecule has 0 aliphatic carbocycles. The Hall–Kier alpha value is -2.08. The molecule has 0 unspecified atom stereocenters. The van der Waals surface area contributed by atoms with Gasteiger partial charge in [0.05, 0.1) is 5.69 Å². The zero-order chi connectivity index (χ0) is 13.0. The molecule has 6 heteroatoms. The predicted molar refractivity (Wildman–Crippen MR) is 62.4 cm³/mol. The summed E-state index contributed by atoms with van der Waals surface area (Å²) >= 11 is 0. The van der Waals surface area contributed by atoms with Crippen molar-refractivity contribution >= 4 is 11.5 Å². The highest BCUT2D eigenvalue weighted by Gasteiger charge is 2.17. The van der Waals surface area contributed by atoms with Crippen molar-refractivity contribution in [3.63, 3.8) is 0 Å². The molecule has 0 spiro atoms. The van der Waals surface area contributed by atoms with Crippen LogP contribution in [0.25, 0.3) is 0 Å². The molecule has 0 aliphatic rings. The predicted octanol–water partition coefficient (Wildman–Crippen LogP) is 2.50. The number of benzene rings is 1. The standard InChI is InChI=1S/C12H11F2N3O/c1-18-8-17(11-5-6-15-7-16-11)10-4-2-3-9(13)12(10)14/h2-7H,8H2,1H3. The molecule has 4 nitrogen and oxygen atoms in total. The Bertz CT molecular complexity index is 522. The van der Waals surface area contributed by atoms with Gasteiger partial charge in [0.2, 0.25) is 0 Å². The summed E-state index contributed by atoms with van der Waals surface area (Å²) in [6.07, 6.45) is 2.84. The largest absolute Gasteiger partial charge is 0.364 e. The smallest absolute Gasteiger partial charge is 0.182 e. The summed E-state index contributed by atoms with van der Waals surface area (Å²) in [7, 11) is 1.46. The first-order chi connectivity index (χ1) is 8.74. The minimum atomic E-state index is -0.937. The molecular formula is C12H11F2N3O. The third kappa shape index (κ3) is 2.43. The second-order valence-electron chi connectivity index (χ2n) is 3.49. The number of halogens is 2. The highest BCUT2D eigenvalue weighted by molar-refractivity contribution is 5.59. The van der Waals surface area contributed by atoms with Crippen LogP contribution in [0.4, 0.5) is 20.3 Å². The first-order valence-corrected chi connectivity index (χ1v) is 5.20. The third-order valence-corrected chi connectivity index (χ3v) is 2.32. The van der Waals surface area contributed by atoms with E-state index in [1.807, 2.05) is 0 Å². The maximum atomic E-state index is 13.7. The van der Waals surface area contributed by atoms with Crippen LogP contribution >= 0.6 is 0 Å². The van der Waals surface area contributed by atoms with Gasteiger partial charge in [-0.25, -0.2) is 18.7 Å². The summed E-state index contributed by atoms with van der Waals surface area (Å²) in [5, 5.41) is 0. The van der Waals surface area contributed by atoms with Crippen molar-refractivity contribution in [2.75, 3.05) is 18.7 Å². The van der Waals surface area contributed by atoms with Gasteiger partial charge in [0, 0.05) is 13.3 Å². The number of methoxy groups -OCH3 is 1. The lowest BCUT2D eigenvalue weighted by Gasteiger charge is -2.22. The van der Waals surface area contributed by atoms with E-state index in [0.29, 0.717) is 5.82 Å². The number of nitrogens with zero attached hydrogens (tertiary/aromatic N) is 3. The van der Waals surface area contributed by atoms with Crippen LogP contribution in [-0.4, -0.2) is 23.8 Å². The Labute approximate surface area is 103 Å². The molecular weight excluding hydrogens is 240 g/mol. The van der Waals surface area contributed by atoms with Gasteiger partial charge in [0.15, 0.2) is 11.6 Å². The van der Waals surface area contributed by atoms with Gasteiger partial charge in [0.1, 0.15) is 18.9 Å². The zero-order valence-electron chi connectivity index (χ0n) is 9.68. The van der Waals surface area contributed by atoms with E-state index in [1.54, 1.807) is 6.07 Å². The third-order valence-electron chi connectivity index (χ3n) is 2.32. The first kappa shape index (κ1) is 12.4. The summed E-state index contributed by atoms with van der Waals surface area (Å²) in [6, 6.07) is 5.53. The number of anilines is 2. The lowest BCUT2D eigenvalue weighted by atomic mass is 10.2. The summed E-state index contributed by atoms with van der Waals surface area (Å²) in [5.74, 6) is -1.42. The van der Waals surface area contributed by atoms with Crippen LogP contribution in [0.3, 0.4) is 0 Å². The topological polar surface area (TPSA) is 38.2 Å². The number of hydrogen-bond acceptors (Lipinski definition) is 4. The molecule has 0 saturated heterocycles. The fourth-order valence-corrected chi connectivity index (χ4v) is 1.53. The maximum Gasteiger partial charge on any atom is 0.182 e. The van der Waals surface area contributed by atoms with Crippen molar-refractivity contribution in [3.8, 4) is 0 Å². The monoisotopic (exact) mass is 251 g/mol. The van der Waals surface area contributed by atoms with Crippen molar-refractivity contribution in [2.24, 2.45) is 0 Å². The lowest BCUT2D eigenvalue weighted by Crippen LogP contribution is -2.22. The Morgan fingerprint density at radius 2 is 2.11 bits per heavy atom. The van der Waals surface area contributed by atoms with Crippen LogP contribution in [0.1, 0.15) is 0 Å². The minimum absolute atomic E-state index is 0.0530. The molecule has 0 atom stereocenters. The van der Waals surface area contributed by atoms with Crippen LogP contribution in [-0.2, 0) is 4.74 Å². The normalized spacial score (nSPS) is 10.4. The molecule has 2 aromatic rings. The molecule has 0 aliphatic heterocycles. The fraction of sp³-hybridized carbons (Fsp3) is 0.167. The van der Waals surface area contributed by atoms with Gasteiger partial charge in [-0.1, -0.05) is 6.07 Å². The molecule has 1 aromatic heterocycles. The van der Waals surface area contributed by atoms with Crippen LogP contribution in [0.15, 0.2) is 36.8 Å². The van der Waals surface area contributed by atoms with E-state index in [1.165, 1.54) is 36.7 Å². The highest BCUT2D eigenvalue weighted by atomic mass is 19.2. The van der Waals surface area contributed by atoms with Gasteiger partial charge in [-0.3, -0.25) is 4.90 Å². The fourth-order valence-electron chi connectivity index (χ4n) is 1.53. The molecule has 18 heavy (non-hydrogen) atoms. The summed E-state index contributed by atoms with van der Waals surface area (Å²) in [6.45, 7) is 0.0530. The van der Waals surface area contributed by atoms with E-state index in [9.17, 15) is 8.78 Å². The van der Waals surface area contributed by atoms with Crippen molar-refractivity contribution < 1.29 is 13.5 Å². The molecule has 0 radical (unpaired) electrons. The van der Waals surface area contributed by atoms with Gasteiger partial charge in [-0.15, -0.1) is 0 Å². The van der Waals surface area contributed by atoms with Gasteiger partial charge in [0.25, 0.3) is 0 Å². The van der Waals surface area contributed by atoms with E-state index in [4.69, 9.17) is 4.74 Å². The maximum absolute atomic E-state index is 13.7. The van der Waals surface area contributed by atoms with Crippen LogP contribution in [0.2, 0.25) is 0 Å². The van der Waals surface area contributed by atoms with E-state index >= 15 is 0 Å². The summed E-state index contributed by atoms with van der Waals surface area (Å²) in [4.78, 5) is 9.18. The van der Waals surface area contributed by atoms with Crippen LogP contribution < -0.4 is 4.90 Å². The number of rotatable bonds is 4. The van der Waals surface area contributed by atoms with Gasteiger partial charge in [-0.2, -0.15) is 0 Å².